The number of carbonyl (C=O) groups excluding carboxylic acids is 2. The minimum absolute atomic E-state index is 0.176. The second-order valence-corrected chi connectivity index (χ2v) is 5.29. The highest BCUT2D eigenvalue weighted by Gasteiger charge is 2.25. The fraction of sp³-hybridized carbons (Fsp3) is 0.500. The molecule has 1 rings (SSSR count). The molecule has 20 heavy (non-hydrogen) atoms. The SMILES string of the molecule is CCCNc1ccnc(C(=O)NCC(C)(C)C(N)=O)c1. The molecule has 1 aromatic rings. The van der Waals surface area contributed by atoms with Crippen LogP contribution in [0.4, 0.5) is 5.69 Å². The van der Waals surface area contributed by atoms with Crippen LogP contribution in [-0.4, -0.2) is 29.9 Å². The average Bonchev–Trinajstić information content (AvgIpc) is 2.42. The molecule has 0 saturated carbocycles. The van der Waals surface area contributed by atoms with E-state index in [4.69, 9.17) is 5.73 Å². The zero-order valence-corrected chi connectivity index (χ0v) is 12.2. The van der Waals surface area contributed by atoms with Gasteiger partial charge in [-0.15, -0.1) is 0 Å². The van der Waals surface area contributed by atoms with Gasteiger partial charge in [-0.2, -0.15) is 0 Å². The van der Waals surface area contributed by atoms with Crippen molar-refractivity contribution in [2.24, 2.45) is 11.1 Å². The van der Waals surface area contributed by atoms with E-state index in [0.29, 0.717) is 5.69 Å². The third-order valence-corrected chi connectivity index (χ3v) is 2.93. The van der Waals surface area contributed by atoms with E-state index in [9.17, 15) is 9.59 Å². The van der Waals surface area contributed by atoms with Crippen LogP contribution in [0.1, 0.15) is 37.7 Å². The molecule has 4 N–H and O–H groups in total. The van der Waals surface area contributed by atoms with Gasteiger partial charge >= 0.3 is 0 Å². The lowest BCUT2D eigenvalue weighted by atomic mass is 9.93. The van der Waals surface area contributed by atoms with Gasteiger partial charge in [0.1, 0.15) is 5.69 Å². The number of carbonyl (C=O) groups is 2. The smallest absolute Gasteiger partial charge is 0.269 e. The minimum atomic E-state index is -0.784. The van der Waals surface area contributed by atoms with Crippen LogP contribution < -0.4 is 16.4 Å². The second kappa shape index (κ2) is 6.88. The van der Waals surface area contributed by atoms with Gasteiger partial charge in [-0.05, 0) is 32.4 Å². The van der Waals surface area contributed by atoms with E-state index in [1.165, 1.54) is 0 Å². The van der Waals surface area contributed by atoms with E-state index in [2.05, 4.69) is 22.5 Å². The Hall–Kier alpha value is -2.11. The highest BCUT2D eigenvalue weighted by atomic mass is 16.2. The summed E-state index contributed by atoms with van der Waals surface area (Å²) in [5.74, 6) is -0.774. The molecule has 1 aromatic heterocycles. The van der Waals surface area contributed by atoms with Crippen molar-refractivity contribution in [3.63, 3.8) is 0 Å². The summed E-state index contributed by atoms with van der Waals surface area (Å²) >= 11 is 0. The topological polar surface area (TPSA) is 97.1 Å². The van der Waals surface area contributed by atoms with Crippen molar-refractivity contribution in [2.45, 2.75) is 27.2 Å². The van der Waals surface area contributed by atoms with Crippen molar-refractivity contribution in [1.82, 2.24) is 10.3 Å². The molecule has 0 aromatic carbocycles. The molecule has 0 aliphatic heterocycles. The van der Waals surface area contributed by atoms with Gasteiger partial charge in [0, 0.05) is 25.0 Å². The van der Waals surface area contributed by atoms with Crippen LogP contribution >= 0.6 is 0 Å². The first-order chi connectivity index (χ1) is 9.36. The van der Waals surface area contributed by atoms with E-state index < -0.39 is 11.3 Å². The summed E-state index contributed by atoms with van der Waals surface area (Å²) in [5.41, 5.74) is 5.63. The van der Waals surface area contributed by atoms with Gasteiger partial charge < -0.3 is 16.4 Å². The molecule has 0 bridgehead atoms. The molecule has 0 aliphatic carbocycles. The first-order valence-electron chi connectivity index (χ1n) is 6.65. The fourth-order valence-corrected chi connectivity index (χ4v) is 1.41. The molecule has 110 valence electrons. The van der Waals surface area contributed by atoms with Crippen molar-refractivity contribution in [2.75, 3.05) is 18.4 Å². The molecule has 1 heterocycles. The molecular formula is C14H22N4O2. The van der Waals surface area contributed by atoms with Crippen LogP contribution in [-0.2, 0) is 4.79 Å². The fourth-order valence-electron chi connectivity index (χ4n) is 1.41. The lowest BCUT2D eigenvalue weighted by Crippen LogP contribution is -2.42. The van der Waals surface area contributed by atoms with Gasteiger partial charge in [0.05, 0.1) is 5.41 Å². The van der Waals surface area contributed by atoms with Gasteiger partial charge in [0.25, 0.3) is 5.91 Å². The summed E-state index contributed by atoms with van der Waals surface area (Å²) in [5, 5.41) is 5.86. The lowest BCUT2D eigenvalue weighted by Gasteiger charge is -2.20. The number of hydrogen-bond acceptors (Lipinski definition) is 4. The van der Waals surface area contributed by atoms with Crippen molar-refractivity contribution in [3.8, 4) is 0 Å². The Morgan fingerprint density at radius 1 is 1.40 bits per heavy atom. The van der Waals surface area contributed by atoms with Crippen molar-refractivity contribution >= 4 is 17.5 Å². The predicted molar refractivity (Wildman–Crippen MR) is 78.3 cm³/mol. The lowest BCUT2D eigenvalue weighted by molar-refractivity contribution is -0.125. The largest absolute Gasteiger partial charge is 0.385 e. The molecule has 6 nitrogen and oxygen atoms in total. The molecule has 6 heteroatoms. The normalized spacial score (nSPS) is 10.9. The molecule has 0 aliphatic rings. The monoisotopic (exact) mass is 278 g/mol. The summed E-state index contributed by atoms with van der Waals surface area (Å²) in [6.07, 6.45) is 2.57. The number of aromatic nitrogens is 1. The summed E-state index contributed by atoms with van der Waals surface area (Å²) in [6, 6.07) is 3.49. The summed E-state index contributed by atoms with van der Waals surface area (Å²) in [4.78, 5) is 27.2. The molecule has 0 fully saturated rings. The average molecular weight is 278 g/mol. The Morgan fingerprint density at radius 3 is 2.70 bits per heavy atom. The summed E-state index contributed by atoms with van der Waals surface area (Å²) in [7, 11) is 0. The number of pyridine rings is 1. The van der Waals surface area contributed by atoms with Crippen molar-refractivity contribution in [3.05, 3.63) is 24.0 Å². The predicted octanol–water partition coefficient (Wildman–Crippen LogP) is 1.14. The molecular weight excluding hydrogens is 256 g/mol. The van der Waals surface area contributed by atoms with Crippen molar-refractivity contribution < 1.29 is 9.59 Å². The number of anilines is 1. The standard InChI is InChI=1S/C14H22N4O2/c1-4-6-16-10-5-7-17-11(8-10)12(19)18-9-14(2,3)13(15)20/h5,7-8H,4,6,9H2,1-3H3,(H2,15,20)(H,16,17)(H,18,19). The Morgan fingerprint density at radius 2 is 2.10 bits per heavy atom. The first-order valence-corrected chi connectivity index (χ1v) is 6.65. The zero-order valence-electron chi connectivity index (χ0n) is 12.2. The van der Waals surface area contributed by atoms with Crippen LogP contribution in [0, 0.1) is 5.41 Å². The number of nitrogens with zero attached hydrogens (tertiary/aromatic N) is 1. The Labute approximate surface area is 119 Å². The van der Waals surface area contributed by atoms with Gasteiger partial charge in [-0.3, -0.25) is 14.6 Å². The van der Waals surface area contributed by atoms with E-state index >= 15 is 0 Å². The second-order valence-electron chi connectivity index (χ2n) is 5.29. The van der Waals surface area contributed by atoms with Crippen LogP contribution in [0.5, 0.6) is 0 Å². The van der Waals surface area contributed by atoms with Crippen LogP contribution in [0.15, 0.2) is 18.3 Å². The number of nitrogens with one attached hydrogen (secondary N) is 2. The minimum Gasteiger partial charge on any atom is -0.385 e. The first kappa shape index (κ1) is 15.9. The molecule has 0 radical (unpaired) electrons. The van der Waals surface area contributed by atoms with Crippen molar-refractivity contribution in [1.29, 1.82) is 0 Å². The number of hydrogen-bond donors (Lipinski definition) is 3. The number of amides is 2. The number of rotatable bonds is 7. The van der Waals surface area contributed by atoms with Gasteiger partial charge in [-0.1, -0.05) is 6.92 Å². The van der Waals surface area contributed by atoms with E-state index in [1.807, 2.05) is 0 Å². The van der Waals surface area contributed by atoms with Crippen LogP contribution in [0.25, 0.3) is 0 Å². The summed E-state index contributed by atoms with van der Waals surface area (Å²) < 4.78 is 0. The molecule has 2 amide bonds. The van der Waals surface area contributed by atoms with Crippen LogP contribution in [0.2, 0.25) is 0 Å². The third-order valence-electron chi connectivity index (χ3n) is 2.93. The highest BCUT2D eigenvalue weighted by Crippen LogP contribution is 2.13. The molecule has 0 atom stereocenters. The quantitative estimate of drug-likeness (QED) is 0.697. The molecule has 0 unspecified atom stereocenters. The van der Waals surface area contributed by atoms with E-state index in [1.54, 1.807) is 32.2 Å². The highest BCUT2D eigenvalue weighted by molar-refractivity contribution is 5.93. The molecule has 0 saturated heterocycles. The van der Waals surface area contributed by atoms with Crippen LogP contribution in [0.3, 0.4) is 0 Å². The summed E-state index contributed by atoms with van der Waals surface area (Å²) in [6.45, 7) is 6.44. The maximum Gasteiger partial charge on any atom is 0.269 e. The number of primary amides is 1. The van der Waals surface area contributed by atoms with Gasteiger partial charge in [0.2, 0.25) is 5.91 Å². The van der Waals surface area contributed by atoms with E-state index in [-0.39, 0.29) is 12.5 Å². The van der Waals surface area contributed by atoms with Gasteiger partial charge in [-0.25, -0.2) is 0 Å². The Kier molecular flexibility index (Phi) is 5.49. The Balaban J connectivity index is 2.66. The van der Waals surface area contributed by atoms with E-state index in [0.717, 1.165) is 18.7 Å². The maximum atomic E-state index is 12.0. The number of nitrogens with two attached hydrogens (primary N) is 1. The maximum absolute atomic E-state index is 12.0. The zero-order chi connectivity index (χ0) is 15.2. The Bertz CT molecular complexity index is 486. The third kappa shape index (κ3) is 4.53. The molecule has 0 spiro atoms. The van der Waals surface area contributed by atoms with Gasteiger partial charge in [0.15, 0.2) is 0 Å².